The highest BCUT2D eigenvalue weighted by Gasteiger charge is 2.21. The summed E-state index contributed by atoms with van der Waals surface area (Å²) in [5.41, 5.74) is 6.94. The van der Waals surface area contributed by atoms with Crippen LogP contribution in [-0.2, 0) is 4.79 Å². The standard InChI is InChI=1S/C34H28Br2N4O6/c1-19(41)45-28-13-10-21(15-29(28)44-4)34(43)46-32-22(14-23(35)16-26(32)36)18-37-39-33(42)31-30(20-8-6-5-7-9-20)25-17-24(40(2)3)11-12-27(25)38-31/h5-18,38H,1-4H3,(H,39,42). The van der Waals surface area contributed by atoms with Crippen molar-refractivity contribution in [1.82, 2.24) is 10.4 Å². The lowest BCUT2D eigenvalue weighted by Gasteiger charge is -2.12. The number of benzene rings is 4. The maximum Gasteiger partial charge on any atom is 0.343 e. The third-order valence-electron chi connectivity index (χ3n) is 6.84. The van der Waals surface area contributed by atoms with E-state index in [4.69, 9.17) is 14.2 Å². The molecule has 1 heterocycles. The molecule has 0 aliphatic carbocycles. The van der Waals surface area contributed by atoms with E-state index < -0.39 is 17.8 Å². The van der Waals surface area contributed by atoms with E-state index in [9.17, 15) is 14.4 Å². The summed E-state index contributed by atoms with van der Waals surface area (Å²) in [4.78, 5) is 43.3. The van der Waals surface area contributed by atoms with E-state index in [0.29, 0.717) is 20.2 Å². The number of H-pyrrole nitrogens is 1. The van der Waals surface area contributed by atoms with Crippen LogP contribution in [-0.4, -0.2) is 50.2 Å². The van der Waals surface area contributed by atoms with Crippen molar-refractivity contribution < 1.29 is 28.6 Å². The van der Waals surface area contributed by atoms with Crippen LogP contribution >= 0.6 is 31.9 Å². The number of nitrogens with zero attached hydrogens (tertiary/aromatic N) is 2. The number of hydrogen-bond donors (Lipinski definition) is 2. The van der Waals surface area contributed by atoms with Gasteiger partial charge >= 0.3 is 11.9 Å². The van der Waals surface area contributed by atoms with Crippen LogP contribution in [0.4, 0.5) is 5.69 Å². The first-order valence-electron chi connectivity index (χ1n) is 13.8. The molecule has 0 aliphatic heterocycles. The number of rotatable bonds is 9. The van der Waals surface area contributed by atoms with Crippen molar-refractivity contribution in [3.63, 3.8) is 0 Å². The highest BCUT2D eigenvalue weighted by molar-refractivity contribution is 9.11. The van der Waals surface area contributed by atoms with Crippen LogP contribution in [0.1, 0.15) is 33.3 Å². The van der Waals surface area contributed by atoms with Crippen molar-refractivity contribution >= 4 is 72.5 Å². The van der Waals surface area contributed by atoms with E-state index >= 15 is 0 Å². The van der Waals surface area contributed by atoms with E-state index in [-0.39, 0.29) is 22.8 Å². The highest BCUT2D eigenvalue weighted by Crippen LogP contribution is 2.36. The predicted octanol–water partition coefficient (Wildman–Crippen LogP) is 7.34. The van der Waals surface area contributed by atoms with Gasteiger partial charge in [-0.25, -0.2) is 10.2 Å². The fourth-order valence-electron chi connectivity index (χ4n) is 4.72. The Morgan fingerprint density at radius 3 is 2.37 bits per heavy atom. The number of ether oxygens (including phenoxy) is 3. The molecule has 0 saturated carbocycles. The summed E-state index contributed by atoms with van der Waals surface area (Å²) in [6.07, 6.45) is 1.38. The average Bonchev–Trinajstić information content (AvgIpc) is 3.42. The molecule has 1 aromatic heterocycles. The molecule has 0 spiro atoms. The molecule has 0 radical (unpaired) electrons. The third kappa shape index (κ3) is 7.13. The van der Waals surface area contributed by atoms with Gasteiger partial charge in [0.15, 0.2) is 17.2 Å². The van der Waals surface area contributed by atoms with Crippen molar-refractivity contribution in [3.05, 3.63) is 105 Å². The first kappa shape index (κ1) is 32.5. The Morgan fingerprint density at radius 1 is 0.913 bits per heavy atom. The largest absolute Gasteiger partial charge is 0.493 e. The van der Waals surface area contributed by atoms with E-state index in [1.54, 1.807) is 12.1 Å². The van der Waals surface area contributed by atoms with Crippen LogP contribution in [0.15, 0.2) is 92.9 Å². The Bertz CT molecular complexity index is 1990. The number of aromatic nitrogens is 1. The second-order valence-electron chi connectivity index (χ2n) is 10.2. The van der Waals surface area contributed by atoms with Gasteiger partial charge in [-0.05, 0) is 70.0 Å². The van der Waals surface area contributed by atoms with Crippen molar-refractivity contribution in [1.29, 1.82) is 0 Å². The van der Waals surface area contributed by atoms with Crippen molar-refractivity contribution in [2.45, 2.75) is 6.92 Å². The average molecular weight is 748 g/mol. The fraction of sp³-hybridized carbons (Fsp3) is 0.118. The molecule has 1 amide bonds. The fourth-order valence-corrected chi connectivity index (χ4v) is 6.06. The molecule has 5 rings (SSSR count). The van der Waals surface area contributed by atoms with Crippen molar-refractivity contribution in [2.24, 2.45) is 5.10 Å². The van der Waals surface area contributed by atoms with Gasteiger partial charge in [0.2, 0.25) is 0 Å². The van der Waals surface area contributed by atoms with Crippen LogP contribution in [0.5, 0.6) is 17.2 Å². The number of halogens is 2. The summed E-state index contributed by atoms with van der Waals surface area (Å²) < 4.78 is 17.3. The Balaban J connectivity index is 1.43. The molecule has 46 heavy (non-hydrogen) atoms. The number of hydrogen-bond acceptors (Lipinski definition) is 8. The minimum absolute atomic E-state index is 0.156. The molecule has 10 nitrogen and oxygen atoms in total. The zero-order chi connectivity index (χ0) is 33.0. The number of nitrogens with one attached hydrogen (secondary N) is 2. The van der Waals surface area contributed by atoms with Crippen LogP contribution in [0.3, 0.4) is 0 Å². The van der Waals surface area contributed by atoms with Gasteiger partial charge in [-0.15, -0.1) is 0 Å². The summed E-state index contributed by atoms with van der Waals surface area (Å²) in [7, 11) is 5.32. The highest BCUT2D eigenvalue weighted by atomic mass is 79.9. The zero-order valence-electron chi connectivity index (χ0n) is 25.2. The molecular weight excluding hydrogens is 720 g/mol. The molecule has 4 aromatic carbocycles. The smallest absolute Gasteiger partial charge is 0.343 e. The number of amides is 1. The minimum Gasteiger partial charge on any atom is -0.493 e. The first-order chi connectivity index (χ1) is 22.0. The molecule has 12 heteroatoms. The molecule has 2 N–H and O–H groups in total. The quantitative estimate of drug-likeness (QED) is 0.0700. The number of anilines is 1. The van der Waals surface area contributed by atoms with E-state index in [1.165, 1.54) is 38.4 Å². The second-order valence-corrected chi connectivity index (χ2v) is 12.0. The molecular formula is C34H28Br2N4O6. The summed E-state index contributed by atoms with van der Waals surface area (Å²) >= 11 is 6.89. The molecule has 0 aliphatic rings. The maximum atomic E-state index is 13.5. The lowest BCUT2D eigenvalue weighted by atomic mass is 10.0. The van der Waals surface area contributed by atoms with Crippen LogP contribution in [0.2, 0.25) is 0 Å². The van der Waals surface area contributed by atoms with Crippen LogP contribution in [0, 0.1) is 0 Å². The van der Waals surface area contributed by atoms with Crippen molar-refractivity contribution in [3.8, 4) is 28.4 Å². The number of methoxy groups -OCH3 is 1. The Hall–Kier alpha value is -4.94. The zero-order valence-corrected chi connectivity index (χ0v) is 28.4. The lowest BCUT2D eigenvalue weighted by molar-refractivity contribution is -0.132. The lowest BCUT2D eigenvalue weighted by Crippen LogP contribution is -2.19. The van der Waals surface area contributed by atoms with Gasteiger partial charge in [0, 0.05) is 53.2 Å². The van der Waals surface area contributed by atoms with E-state index in [2.05, 4.69) is 47.4 Å². The summed E-state index contributed by atoms with van der Waals surface area (Å²) in [6.45, 7) is 1.27. The van der Waals surface area contributed by atoms with Gasteiger partial charge in [-0.2, -0.15) is 5.10 Å². The summed E-state index contributed by atoms with van der Waals surface area (Å²) in [6, 6.07) is 23.3. The Kier molecular flexibility index (Phi) is 9.88. The van der Waals surface area contributed by atoms with Crippen molar-refractivity contribution in [2.75, 3.05) is 26.1 Å². The monoisotopic (exact) mass is 746 g/mol. The Labute approximate surface area is 281 Å². The maximum absolute atomic E-state index is 13.5. The molecule has 0 saturated heterocycles. The minimum atomic E-state index is -0.697. The van der Waals surface area contributed by atoms with Gasteiger partial charge in [-0.1, -0.05) is 46.3 Å². The van der Waals surface area contributed by atoms with Gasteiger partial charge in [0.05, 0.1) is 23.4 Å². The number of fused-ring (bicyclic) bond motifs is 1. The third-order valence-corrected chi connectivity index (χ3v) is 7.89. The van der Waals surface area contributed by atoms with Crippen LogP contribution < -0.4 is 24.5 Å². The topological polar surface area (TPSA) is 122 Å². The summed E-state index contributed by atoms with van der Waals surface area (Å²) in [5.74, 6) is -1.15. The van der Waals surface area contributed by atoms with Gasteiger partial charge in [0.25, 0.3) is 5.91 Å². The first-order valence-corrected chi connectivity index (χ1v) is 15.4. The van der Waals surface area contributed by atoms with E-state index in [0.717, 1.165) is 27.7 Å². The number of esters is 2. The SMILES string of the molecule is COc1cc(C(=O)Oc2c(Br)cc(Br)cc2C=NNC(=O)c2[nH]c3ccc(N(C)C)cc3c2-c2ccccc2)ccc1OC(C)=O. The van der Waals surface area contributed by atoms with Gasteiger partial charge in [0.1, 0.15) is 5.69 Å². The normalized spacial score (nSPS) is 11.0. The molecule has 0 unspecified atom stereocenters. The molecule has 0 bridgehead atoms. The number of hydrazone groups is 1. The number of carbonyl (C=O) groups is 3. The molecule has 234 valence electrons. The predicted molar refractivity (Wildman–Crippen MR) is 184 cm³/mol. The van der Waals surface area contributed by atoms with Crippen LogP contribution in [0.25, 0.3) is 22.0 Å². The molecule has 0 fully saturated rings. The summed E-state index contributed by atoms with van der Waals surface area (Å²) in [5, 5.41) is 5.10. The van der Waals surface area contributed by atoms with Gasteiger partial charge in [-0.3, -0.25) is 9.59 Å². The number of carbonyl (C=O) groups excluding carboxylic acids is 3. The second kappa shape index (κ2) is 14.0. The number of aromatic amines is 1. The Morgan fingerprint density at radius 2 is 1.67 bits per heavy atom. The van der Waals surface area contributed by atoms with Gasteiger partial charge < -0.3 is 24.1 Å². The van der Waals surface area contributed by atoms with E-state index in [1.807, 2.05) is 67.5 Å². The molecule has 0 atom stereocenters. The molecule has 5 aromatic rings.